The number of aliphatic hydroxyl groups is 1. The minimum absolute atomic E-state index is 0.0699. The number of rotatable bonds is 6. The molecule has 0 spiro atoms. The number of halogens is 2. The van der Waals surface area contributed by atoms with E-state index in [2.05, 4.69) is 19.4 Å². The Kier molecular flexibility index (Phi) is 6.59. The van der Waals surface area contributed by atoms with Gasteiger partial charge in [-0.3, -0.25) is 9.59 Å². The molecule has 2 aliphatic rings. The second kappa shape index (κ2) is 9.59. The number of hydrogen-bond acceptors (Lipinski definition) is 8. The van der Waals surface area contributed by atoms with E-state index in [9.17, 15) is 18.4 Å². The van der Waals surface area contributed by atoms with E-state index in [0.29, 0.717) is 31.7 Å². The lowest BCUT2D eigenvalue weighted by Crippen LogP contribution is -2.50. The molecule has 34 heavy (non-hydrogen) atoms. The van der Waals surface area contributed by atoms with Gasteiger partial charge in [0.25, 0.3) is 5.91 Å². The van der Waals surface area contributed by atoms with Gasteiger partial charge in [-0.15, -0.1) is 8.78 Å². The number of nitrogens with zero attached hydrogens (tertiary/aromatic N) is 4. The van der Waals surface area contributed by atoms with Crippen LogP contribution in [0.15, 0.2) is 36.7 Å². The summed E-state index contributed by atoms with van der Waals surface area (Å²) in [5.74, 6) is -0.573. The van der Waals surface area contributed by atoms with Crippen molar-refractivity contribution < 1.29 is 37.7 Å². The maximum absolute atomic E-state index is 13.1. The third kappa shape index (κ3) is 5.39. The molecule has 1 unspecified atom stereocenters. The van der Waals surface area contributed by atoms with E-state index in [0.717, 1.165) is 0 Å². The van der Waals surface area contributed by atoms with Crippen LogP contribution in [0.25, 0.3) is 6.08 Å². The van der Waals surface area contributed by atoms with Crippen molar-refractivity contribution >= 4 is 17.9 Å². The molecular weight excluding hydrogens is 454 g/mol. The van der Waals surface area contributed by atoms with E-state index >= 15 is 0 Å². The fourth-order valence-electron chi connectivity index (χ4n) is 3.40. The SMILES string of the molecule is CC(CO)Oc1cc(C(=O)N2CCN(C(=O)/C=C/c3ccc4c(c3)OC(F)(F)O4)CC2)ncn1. The predicted molar refractivity (Wildman–Crippen MR) is 113 cm³/mol. The molecule has 1 saturated heterocycles. The van der Waals surface area contributed by atoms with E-state index in [1.807, 2.05) is 0 Å². The third-order valence-corrected chi connectivity index (χ3v) is 5.16. The van der Waals surface area contributed by atoms with E-state index < -0.39 is 12.4 Å². The van der Waals surface area contributed by atoms with Crippen LogP contribution in [0.3, 0.4) is 0 Å². The quantitative estimate of drug-likeness (QED) is 0.625. The second-order valence-electron chi connectivity index (χ2n) is 7.68. The summed E-state index contributed by atoms with van der Waals surface area (Å²) in [4.78, 5) is 36.4. The van der Waals surface area contributed by atoms with Gasteiger partial charge in [-0.1, -0.05) is 6.07 Å². The minimum atomic E-state index is -3.70. The molecule has 10 nitrogen and oxygen atoms in total. The van der Waals surface area contributed by atoms with Crippen molar-refractivity contribution in [1.82, 2.24) is 19.8 Å². The summed E-state index contributed by atoms with van der Waals surface area (Å²) in [6.07, 6.45) is -0.122. The summed E-state index contributed by atoms with van der Waals surface area (Å²) < 4.78 is 40.4. The Bertz CT molecular complexity index is 1100. The van der Waals surface area contributed by atoms with Crippen molar-refractivity contribution in [3.63, 3.8) is 0 Å². The van der Waals surface area contributed by atoms with Gasteiger partial charge in [0.15, 0.2) is 11.5 Å². The lowest BCUT2D eigenvalue weighted by molar-refractivity contribution is -0.286. The van der Waals surface area contributed by atoms with Gasteiger partial charge in [0.05, 0.1) is 6.61 Å². The van der Waals surface area contributed by atoms with Crippen molar-refractivity contribution in [1.29, 1.82) is 0 Å². The lowest BCUT2D eigenvalue weighted by Gasteiger charge is -2.34. The van der Waals surface area contributed by atoms with Crippen molar-refractivity contribution in [2.24, 2.45) is 0 Å². The van der Waals surface area contributed by atoms with Gasteiger partial charge in [-0.25, -0.2) is 9.97 Å². The standard InChI is InChI=1S/C22H22F2N4O6/c1-14(12-29)32-19-11-16(25-13-26-19)21(31)28-8-6-27(7-9-28)20(30)5-3-15-2-4-17-18(10-15)34-22(23,24)33-17/h2-5,10-11,13-14,29H,6-9,12H2,1H3/b5-3+. The van der Waals surface area contributed by atoms with Crippen LogP contribution in [0, 0.1) is 0 Å². The fourth-order valence-corrected chi connectivity index (χ4v) is 3.40. The zero-order valence-electron chi connectivity index (χ0n) is 18.2. The number of hydrogen-bond donors (Lipinski definition) is 1. The highest BCUT2D eigenvalue weighted by atomic mass is 19.3. The number of alkyl halides is 2. The van der Waals surface area contributed by atoms with E-state index in [1.54, 1.807) is 16.7 Å². The summed E-state index contributed by atoms with van der Waals surface area (Å²) in [7, 11) is 0. The first-order chi connectivity index (χ1) is 16.2. The fraction of sp³-hybridized carbons (Fsp3) is 0.364. The predicted octanol–water partition coefficient (Wildman–Crippen LogP) is 1.56. The van der Waals surface area contributed by atoms with Crippen LogP contribution >= 0.6 is 0 Å². The number of ether oxygens (including phenoxy) is 3. The smallest absolute Gasteiger partial charge is 0.472 e. The number of benzene rings is 1. The van der Waals surface area contributed by atoms with E-state index in [1.165, 1.54) is 42.7 Å². The van der Waals surface area contributed by atoms with Crippen LogP contribution < -0.4 is 14.2 Å². The molecule has 1 aromatic carbocycles. The minimum Gasteiger partial charge on any atom is -0.472 e. The monoisotopic (exact) mass is 476 g/mol. The summed E-state index contributed by atoms with van der Waals surface area (Å²) in [5.41, 5.74) is 0.655. The Hall–Kier alpha value is -3.80. The number of aliphatic hydroxyl groups excluding tert-OH is 1. The van der Waals surface area contributed by atoms with E-state index in [4.69, 9.17) is 9.84 Å². The summed E-state index contributed by atoms with van der Waals surface area (Å²) in [6, 6.07) is 5.65. The molecule has 0 saturated carbocycles. The first kappa shape index (κ1) is 23.4. The molecule has 1 N–H and O–H groups in total. The second-order valence-corrected chi connectivity index (χ2v) is 7.68. The summed E-state index contributed by atoms with van der Waals surface area (Å²) >= 11 is 0. The highest BCUT2D eigenvalue weighted by molar-refractivity contribution is 5.94. The van der Waals surface area contributed by atoms with Crippen molar-refractivity contribution in [3.8, 4) is 17.4 Å². The molecule has 1 aromatic heterocycles. The first-order valence-electron chi connectivity index (χ1n) is 10.5. The zero-order valence-corrected chi connectivity index (χ0v) is 18.2. The normalized spacial score (nSPS) is 17.6. The number of aromatic nitrogens is 2. The summed E-state index contributed by atoms with van der Waals surface area (Å²) in [6.45, 7) is 2.73. The lowest BCUT2D eigenvalue weighted by atomic mass is 10.2. The first-order valence-corrected chi connectivity index (χ1v) is 10.5. The van der Waals surface area contributed by atoms with Crippen LogP contribution in [-0.4, -0.2) is 81.9 Å². The van der Waals surface area contributed by atoms with Gasteiger partial charge in [0, 0.05) is 38.3 Å². The molecule has 0 radical (unpaired) electrons. The molecule has 2 amide bonds. The number of fused-ring (bicyclic) bond motifs is 1. The molecule has 12 heteroatoms. The molecule has 2 aromatic rings. The summed E-state index contributed by atoms with van der Waals surface area (Å²) in [5, 5.41) is 9.09. The highest BCUT2D eigenvalue weighted by Gasteiger charge is 2.43. The molecule has 3 heterocycles. The molecule has 0 bridgehead atoms. The number of carbonyl (C=O) groups is 2. The van der Waals surface area contributed by atoms with Crippen LogP contribution in [-0.2, 0) is 4.79 Å². The van der Waals surface area contributed by atoms with Crippen molar-refractivity contribution in [3.05, 3.63) is 47.9 Å². The van der Waals surface area contributed by atoms with Gasteiger partial charge in [-0.05, 0) is 30.7 Å². The molecule has 180 valence electrons. The van der Waals surface area contributed by atoms with Crippen LogP contribution in [0.5, 0.6) is 17.4 Å². The topological polar surface area (TPSA) is 114 Å². The largest absolute Gasteiger partial charge is 0.586 e. The Labute approximate surface area is 193 Å². The van der Waals surface area contributed by atoms with Gasteiger partial charge < -0.3 is 29.1 Å². The molecule has 0 aliphatic carbocycles. The van der Waals surface area contributed by atoms with E-state index in [-0.39, 0.29) is 41.5 Å². The Morgan fingerprint density at radius 3 is 2.59 bits per heavy atom. The zero-order chi connectivity index (χ0) is 24.3. The van der Waals surface area contributed by atoms with Gasteiger partial charge >= 0.3 is 6.29 Å². The molecule has 2 aliphatic heterocycles. The Morgan fingerprint density at radius 2 is 1.85 bits per heavy atom. The maximum atomic E-state index is 13.1. The number of piperazine rings is 1. The number of amides is 2. The highest BCUT2D eigenvalue weighted by Crippen LogP contribution is 2.41. The Morgan fingerprint density at radius 1 is 1.15 bits per heavy atom. The van der Waals surface area contributed by atoms with Crippen LogP contribution in [0.4, 0.5) is 8.78 Å². The average molecular weight is 476 g/mol. The van der Waals surface area contributed by atoms with Crippen LogP contribution in [0.2, 0.25) is 0 Å². The van der Waals surface area contributed by atoms with Gasteiger partial charge in [0.1, 0.15) is 18.1 Å². The molecule has 1 fully saturated rings. The molecule has 4 rings (SSSR count). The van der Waals surface area contributed by atoms with Gasteiger partial charge in [0.2, 0.25) is 11.8 Å². The third-order valence-electron chi connectivity index (χ3n) is 5.16. The van der Waals surface area contributed by atoms with Gasteiger partial charge in [-0.2, -0.15) is 0 Å². The average Bonchev–Trinajstić information content (AvgIpc) is 3.15. The van der Waals surface area contributed by atoms with Crippen LogP contribution in [0.1, 0.15) is 23.0 Å². The Balaban J connectivity index is 1.31. The molecular formula is C22H22F2N4O6. The molecule has 1 atom stereocenters. The maximum Gasteiger partial charge on any atom is 0.586 e. The van der Waals surface area contributed by atoms with Crippen molar-refractivity contribution in [2.45, 2.75) is 19.3 Å². The number of carbonyl (C=O) groups excluding carboxylic acids is 2. The van der Waals surface area contributed by atoms with Crippen molar-refractivity contribution in [2.75, 3.05) is 32.8 Å².